The van der Waals surface area contributed by atoms with Crippen LogP contribution in [0.1, 0.15) is 68.1 Å². The molecule has 2 nitrogen and oxygen atoms in total. The van der Waals surface area contributed by atoms with Crippen molar-refractivity contribution in [2.45, 2.75) is 69.7 Å². The Balaban J connectivity index is 1.58. The molecule has 0 radical (unpaired) electrons. The average Bonchev–Trinajstić information content (AvgIpc) is 3.01. The summed E-state index contributed by atoms with van der Waals surface area (Å²) in [4.78, 5) is 0. The van der Waals surface area contributed by atoms with Crippen LogP contribution in [0.25, 0.3) is 0 Å². The molecule has 2 aliphatic rings. The number of thioether (sulfide) groups is 1. The lowest BCUT2D eigenvalue weighted by Gasteiger charge is -2.26. The normalized spacial score (nSPS) is 29.6. The second kappa shape index (κ2) is 8.25. The monoisotopic (exact) mass is 347 g/mol. The Hall–Kier alpha value is -0.510. The first kappa shape index (κ1) is 18.3. The van der Waals surface area contributed by atoms with Crippen LogP contribution in [-0.4, -0.2) is 28.8 Å². The number of rotatable bonds is 7. The third kappa shape index (κ3) is 4.36. The first-order valence-corrected chi connectivity index (χ1v) is 10.9. The zero-order valence-electron chi connectivity index (χ0n) is 15.1. The van der Waals surface area contributed by atoms with Crippen molar-refractivity contribution in [3.63, 3.8) is 0 Å². The molecule has 134 valence electrons. The largest absolute Gasteiger partial charge is 0.394 e. The number of nitrogens with two attached hydrogens (primary N) is 1. The van der Waals surface area contributed by atoms with Gasteiger partial charge in [0, 0.05) is 5.54 Å². The van der Waals surface area contributed by atoms with E-state index in [0.29, 0.717) is 5.92 Å². The van der Waals surface area contributed by atoms with Crippen LogP contribution in [-0.2, 0) is 12.8 Å². The molecule has 0 amide bonds. The molecule has 3 N–H and O–H groups in total. The molecule has 1 saturated carbocycles. The van der Waals surface area contributed by atoms with Crippen LogP contribution in [0.2, 0.25) is 0 Å². The number of fused-ring (bicyclic) bond motifs is 1. The first-order valence-electron chi connectivity index (χ1n) is 9.73. The molecule has 0 bridgehead atoms. The number of aliphatic hydroxyl groups excluding tert-OH is 1. The van der Waals surface area contributed by atoms with E-state index in [1.54, 1.807) is 11.1 Å². The van der Waals surface area contributed by atoms with E-state index in [-0.39, 0.29) is 12.1 Å². The third-order valence-electron chi connectivity index (χ3n) is 6.10. The smallest absolute Gasteiger partial charge is 0.0611 e. The van der Waals surface area contributed by atoms with Gasteiger partial charge in [0.25, 0.3) is 0 Å². The zero-order valence-corrected chi connectivity index (χ0v) is 15.9. The average molecular weight is 348 g/mol. The summed E-state index contributed by atoms with van der Waals surface area (Å²) in [6.07, 6.45) is 9.64. The lowest BCUT2D eigenvalue weighted by molar-refractivity contribution is 0.198. The van der Waals surface area contributed by atoms with E-state index in [4.69, 9.17) is 5.73 Å². The van der Waals surface area contributed by atoms with Gasteiger partial charge in [-0.15, -0.1) is 0 Å². The van der Waals surface area contributed by atoms with Gasteiger partial charge in [0.05, 0.1) is 6.61 Å². The Labute approximate surface area is 151 Å². The van der Waals surface area contributed by atoms with Gasteiger partial charge in [-0.25, -0.2) is 0 Å². The minimum absolute atomic E-state index is 0.117. The quantitative estimate of drug-likeness (QED) is 0.724. The highest BCUT2D eigenvalue weighted by Gasteiger charge is 2.36. The predicted octanol–water partition coefficient (Wildman–Crippen LogP) is 4.28. The molecule has 1 fully saturated rings. The highest BCUT2D eigenvalue weighted by molar-refractivity contribution is 7.99. The van der Waals surface area contributed by atoms with Gasteiger partial charge < -0.3 is 10.8 Å². The molecule has 0 aromatic heterocycles. The van der Waals surface area contributed by atoms with E-state index in [0.717, 1.165) is 25.2 Å². The molecule has 0 aliphatic heterocycles. The standard InChI is InChI=1S/C21H33NOS/c1-2-24-11-3-4-16-5-6-18-13-19(8-7-17(18)12-16)20-9-10-21(22,14-20)15-23/h7-8,13,16,20,23H,2-6,9-12,14-15,22H2,1H3/t16-,20+,21-/m1/s1. The van der Waals surface area contributed by atoms with Crippen molar-refractivity contribution in [3.8, 4) is 0 Å². The van der Waals surface area contributed by atoms with Crippen LogP contribution >= 0.6 is 11.8 Å². The molecule has 1 aromatic rings. The van der Waals surface area contributed by atoms with E-state index in [9.17, 15) is 5.11 Å². The van der Waals surface area contributed by atoms with Crippen LogP contribution in [0.4, 0.5) is 0 Å². The highest BCUT2D eigenvalue weighted by Crippen LogP contribution is 2.40. The summed E-state index contributed by atoms with van der Waals surface area (Å²) >= 11 is 2.07. The summed E-state index contributed by atoms with van der Waals surface area (Å²) in [7, 11) is 0. The van der Waals surface area contributed by atoms with Gasteiger partial charge in [0.15, 0.2) is 0 Å². The van der Waals surface area contributed by atoms with Crippen LogP contribution in [0.3, 0.4) is 0 Å². The van der Waals surface area contributed by atoms with Crippen LogP contribution in [0, 0.1) is 5.92 Å². The fourth-order valence-electron chi connectivity index (χ4n) is 4.55. The molecule has 1 aromatic carbocycles. The van der Waals surface area contributed by atoms with Crippen molar-refractivity contribution < 1.29 is 5.11 Å². The molecule has 3 heteroatoms. The maximum Gasteiger partial charge on any atom is 0.0611 e. The van der Waals surface area contributed by atoms with Crippen molar-refractivity contribution in [3.05, 3.63) is 34.9 Å². The van der Waals surface area contributed by atoms with E-state index in [1.165, 1.54) is 49.2 Å². The van der Waals surface area contributed by atoms with Crippen LogP contribution in [0.5, 0.6) is 0 Å². The molecule has 3 atom stereocenters. The maximum atomic E-state index is 9.49. The molecule has 0 unspecified atom stereocenters. The van der Waals surface area contributed by atoms with Crippen LogP contribution in [0.15, 0.2) is 18.2 Å². The second-order valence-electron chi connectivity index (χ2n) is 7.94. The molecule has 0 heterocycles. The van der Waals surface area contributed by atoms with E-state index < -0.39 is 0 Å². The number of hydrogen-bond donors (Lipinski definition) is 2. The lowest BCUT2D eigenvalue weighted by atomic mass is 9.80. The van der Waals surface area contributed by atoms with Crippen molar-refractivity contribution in [2.24, 2.45) is 11.7 Å². The van der Waals surface area contributed by atoms with Gasteiger partial charge in [-0.1, -0.05) is 25.1 Å². The summed E-state index contributed by atoms with van der Waals surface area (Å²) in [5.41, 5.74) is 10.5. The second-order valence-corrected chi connectivity index (χ2v) is 9.33. The first-order chi connectivity index (χ1) is 11.6. The molecule has 2 aliphatic carbocycles. The van der Waals surface area contributed by atoms with Gasteiger partial charge in [0.1, 0.15) is 0 Å². The molecule has 24 heavy (non-hydrogen) atoms. The van der Waals surface area contributed by atoms with Crippen molar-refractivity contribution in [2.75, 3.05) is 18.1 Å². The zero-order chi connectivity index (χ0) is 17.0. The topological polar surface area (TPSA) is 46.2 Å². The molecule has 0 saturated heterocycles. The lowest BCUT2D eigenvalue weighted by Crippen LogP contribution is -2.40. The summed E-state index contributed by atoms with van der Waals surface area (Å²) in [6, 6.07) is 7.17. The van der Waals surface area contributed by atoms with Crippen molar-refractivity contribution in [1.82, 2.24) is 0 Å². The Morgan fingerprint density at radius 1 is 1.29 bits per heavy atom. The minimum atomic E-state index is -0.345. The highest BCUT2D eigenvalue weighted by atomic mass is 32.2. The fourth-order valence-corrected chi connectivity index (χ4v) is 5.21. The predicted molar refractivity (Wildman–Crippen MR) is 105 cm³/mol. The van der Waals surface area contributed by atoms with Gasteiger partial charge in [-0.05, 0) is 91.4 Å². The third-order valence-corrected chi connectivity index (χ3v) is 7.08. The summed E-state index contributed by atoms with van der Waals surface area (Å²) in [5, 5.41) is 9.49. The molecule has 3 rings (SSSR count). The van der Waals surface area contributed by atoms with Crippen molar-refractivity contribution >= 4 is 11.8 Å². The fraction of sp³-hybridized carbons (Fsp3) is 0.714. The molecule has 0 spiro atoms. The number of hydrogen-bond acceptors (Lipinski definition) is 3. The number of benzene rings is 1. The van der Waals surface area contributed by atoms with Gasteiger partial charge in [0.2, 0.25) is 0 Å². The maximum absolute atomic E-state index is 9.49. The number of aryl methyl sites for hydroxylation is 1. The molecular weight excluding hydrogens is 314 g/mol. The van der Waals surface area contributed by atoms with Gasteiger partial charge >= 0.3 is 0 Å². The minimum Gasteiger partial charge on any atom is -0.394 e. The summed E-state index contributed by atoms with van der Waals surface area (Å²) in [6.45, 7) is 2.37. The van der Waals surface area contributed by atoms with E-state index in [2.05, 4.69) is 36.9 Å². The SMILES string of the molecule is CCSCCC[C@@H]1CCc2cc([C@H]3CC[C@](N)(CO)C3)ccc2C1. The summed E-state index contributed by atoms with van der Waals surface area (Å²) < 4.78 is 0. The van der Waals surface area contributed by atoms with E-state index in [1.807, 2.05) is 0 Å². The summed E-state index contributed by atoms with van der Waals surface area (Å²) in [5.74, 6) is 4.00. The Morgan fingerprint density at radius 3 is 2.92 bits per heavy atom. The van der Waals surface area contributed by atoms with E-state index >= 15 is 0 Å². The Bertz CT molecular complexity index is 547. The van der Waals surface area contributed by atoms with Gasteiger partial charge in [-0.3, -0.25) is 0 Å². The van der Waals surface area contributed by atoms with Crippen LogP contribution < -0.4 is 5.73 Å². The Morgan fingerprint density at radius 2 is 2.17 bits per heavy atom. The van der Waals surface area contributed by atoms with Gasteiger partial charge in [-0.2, -0.15) is 11.8 Å². The molecular formula is C21H33NOS. The number of aliphatic hydroxyl groups is 1. The van der Waals surface area contributed by atoms with Crippen molar-refractivity contribution in [1.29, 1.82) is 0 Å². The Kier molecular flexibility index (Phi) is 6.28.